The number of hydrogen-bond donors (Lipinski definition) is 2. The Morgan fingerprint density at radius 1 is 1.50 bits per heavy atom. The fourth-order valence-corrected chi connectivity index (χ4v) is 1.69. The summed E-state index contributed by atoms with van der Waals surface area (Å²) >= 11 is 0. The molecule has 0 aromatic rings. The van der Waals surface area contributed by atoms with Crippen LogP contribution in [0, 0.1) is 0 Å². The Labute approximate surface area is 96.7 Å². The van der Waals surface area contributed by atoms with E-state index in [1.165, 1.54) is 0 Å². The van der Waals surface area contributed by atoms with Gasteiger partial charge in [-0.2, -0.15) is 0 Å². The molecule has 1 unspecified atom stereocenters. The number of nitrogens with two attached hydrogens (primary N) is 1. The molecule has 5 heteroatoms. The van der Waals surface area contributed by atoms with Crippen LogP contribution < -0.4 is 11.1 Å². The number of rotatable bonds is 7. The van der Waals surface area contributed by atoms with E-state index in [9.17, 15) is 4.79 Å². The molecule has 1 aliphatic heterocycles. The number of methoxy groups -OCH3 is 1. The minimum absolute atomic E-state index is 0.0864. The highest BCUT2D eigenvalue weighted by molar-refractivity contribution is 5.86. The van der Waals surface area contributed by atoms with Crippen molar-refractivity contribution in [3.8, 4) is 0 Å². The number of hydrogen-bond acceptors (Lipinski definition) is 4. The zero-order valence-corrected chi connectivity index (χ0v) is 9.96. The van der Waals surface area contributed by atoms with Crippen LogP contribution in [0.3, 0.4) is 0 Å². The number of carbonyl (C=O) groups is 1. The highest BCUT2D eigenvalue weighted by Crippen LogP contribution is 2.15. The van der Waals surface area contributed by atoms with Gasteiger partial charge in [0.1, 0.15) is 5.54 Å². The predicted molar refractivity (Wildman–Crippen MR) is 61.1 cm³/mol. The molecule has 94 valence electrons. The molecule has 1 atom stereocenters. The molecule has 1 aliphatic rings. The van der Waals surface area contributed by atoms with Crippen molar-refractivity contribution < 1.29 is 14.3 Å². The van der Waals surface area contributed by atoms with Crippen molar-refractivity contribution in [1.82, 2.24) is 5.32 Å². The second-order valence-corrected chi connectivity index (χ2v) is 4.27. The zero-order valence-electron chi connectivity index (χ0n) is 9.96. The molecule has 1 amide bonds. The van der Waals surface area contributed by atoms with E-state index in [1.54, 1.807) is 7.11 Å². The second kappa shape index (κ2) is 6.83. The van der Waals surface area contributed by atoms with Crippen LogP contribution in [0.4, 0.5) is 0 Å². The highest BCUT2D eigenvalue weighted by Gasteiger charge is 2.37. The summed E-state index contributed by atoms with van der Waals surface area (Å²) in [5, 5.41) is 2.86. The lowest BCUT2D eigenvalue weighted by molar-refractivity contribution is -0.126. The molecule has 0 aliphatic carbocycles. The van der Waals surface area contributed by atoms with Crippen LogP contribution in [0.25, 0.3) is 0 Å². The van der Waals surface area contributed by atoms with Crippen LogP contribution in [0.15, 0.2) is 0 Å². The van der Waals surface area contributed by atoms with Crippen molar-refractivity contribution in [3.05, 3.63) is 0 Å². The fraction of sp³-hybridized carbons (Fsp3) is 0.909. The van der Waals surface area contributed by atoms with Crippen molar-refractivity contribution in [3.63, 3.8) is 0 Å². The fourth-order valence-electron chi connectivity index (χ4n) is 1.69. The summed E-state index contributed by atoms with van der Waals surface area (Å²) in [6.45, 7) is 2.38. The van der Waals surface area contributed by atoms with Gasteiger partial charge >= 0.3 is 0 Å². The number of carbonyl (C=O) groups excluding carboxylic acids is 1. The first-order valence-electron chi connectivity index (χ1n) is 5.83. The van der Waals surface area contributed by atoms with Gasteiger partial charge in [0, 0.05) is 26.9 Å². The van der Waals surface area contributed by atoms with E-state index in [2.05, 4.69) is 5.32 Å². The second-order valence-electron chi connectivity index (χ2n) is 4.27. The molecular formula is C11H22N2O3. The molecule has 5 nitrogen and oxygen atoms in total. The SMILES string of the molecule is COCCCCCNC(=O)C1(N)CCOC1. The van der Waals surface area contributed by atoms with E-state index >= 15 is 0 Å². The third-order valence-electron chi connectivity index (χ3n) is 2.82. The molecule has 1 fully saturated rings. The standard InChI is InChI=1S/C11H22N2O3/c1-15-7-4-2-3-6-13-10(14)11(12)5-8-16-9-11/h2-9,12H2,1H3,(H,13,14). The number of unbranched alkanes of at least 4 members (excludes halogenated alkanes) is 2. The summed E-state index contributed by atoms with van der Waals surface area (Å²) in [7, 11) is 1.69. The van der Waals surface area contributed by atoms with E-state index in [-0.39, 0.29) is 5.91 Å². The average molecular weight is 230 g/mol. The summed E-state index contributed by atoms with van der Waals surface area (Å²) in [6.07, 6.45) is 3.67. The molecule has 0 bridgehead atoms. The number of amides is 1. The van der Waals surface area contributed by atoms with E-state index in [1.807, 2.05) is 0 Å². The molecule has 1 rings (SSSR count). The Morgan fingerprint density at radius 3 is 2.94 bits per heavy atom. The quantitative estimate of drug-likeness (QED) is 0.605. The van der Waals surface area contributed by atoms with Crippen molar-refractivity contribution in [1.29, 1.82) is 0 Å². The lowest BCUT2D eigenvalue weighted by Gasteiger charge is -2.20. The molecule has 0 saturated carbocycles. The average Bonchev–Trinajstić information content (AvgIpc) is 2.71. The molecule has 3 N–H and O–H groups in total. The van der Waals surface area contributed by atoms with E-state index in [0.717, 1.165) is 25.9 Å². The number of nitrogens with one attached hydrogen (secondary N) is 1. The largest absolute Gasteiger partial charge is 0.385 e. The maximum atomic E-state index is 11.7. The van der Waals surface area contributed by atoms with E-state index in [4.69, 9.17) is 15.2 Å². The Kier molecular flexibility index (Phi) is 5.73. The van der Waals surface area contributed by atoms with Gasteiger partial charge in [0.05, 0.1) is 6.61 Å². The summed E-state index contributed by atoms with van der Waals surface area (Å²) < 4.78 is 10.1. The first-order chi connectivity index (χ1) is 7.69. The first kappa shape index (κ1) is 13.4. The summed E-state index contributed by atoms with van der Waals surface area (Å²) in [4.78, 5) is 11.7. The predicted octanol–water partition coefficient (Wildman–Crippen LogP) is 0.0371. The van der Waals surface area contributed by atoms with E-state index in [0.29, 0.717) is 26.2 Å². The summed E-state index contributed by atoms with van der Waals surface area (Å²) in [5.74, 6) is -0.0864. The minimum Gasteiger partial charge on any atom is -0.385 e. The number of ether oxygens (including phenoxy) is 2. The Hall–Kier alpha value is -0.650. The van der Waals surface area contributed by atoms with Crippen LogP contribution in [0.5, 0.6) is 0 Å². The van der Waals surface area contributed by atoms with Gasteiger partial charge in [0.2, 0.25) is 5.91 Å². The molecule has 0 aromatic carbocycles. The summed E-state index contributed by atoms with van der Waals surface area (Å²) in [6, 6.07) is 0. The van der Waals surface area contributed by atoms with Gasteiger partial charge in [-0.25, -0.2) is 0 Å². The molecule has 0 radical (unpaired) electrons. The molecule has 1 saturated heterocycles. The molecule has 16 heavy (non-hydrogen) atoms. The van der Waals surface area contributed by atoms with Crippen LogP contribution >= 0.6 is 0 Å². The van der Waals surface area contributed by atoms with Gasteiger partial charge in [-0.15, -0.1) is 0 Å². The lowest BCUT2D eigenvalue weighted by atomic mass is 9.99. The van der Waals surface area contributed by atoms with Crippen LogP contribution in [-0.2, 0) is 14.3 Å². The van der Waals surface area contributed by atoms with Gasteiger partial charge in [-0.3, -0.25) is 4.79 Å². The smallest absolute Gasteiger partial charge is 0.242 e. The van der Waals surface area contributed by atoms with E-state index < -0.39 is 5.54 Å². The van der Waals surface area contributed by atoms with Gasteiger partial charge in [0.15, 0.2) is 0 Å². The zero-order chi connectivity index (χ0) is 11.9. The third kappa shape index (κ3) is 4.08. The third-order valence-corrected chi connectivity index (χ3v) is 2.82. The molecule has 0 aromatic heterocycles. The maximum Gasteiger partial charge on any atom is 0.242 e. The van der Waals surface area contributed by atoms with Gasteiger partial charge in [0.25, 0.3) is 0 Å². The minimum atomic E-state index is -0.799. The van der Waals surface area contributed by atoms with Gasteiger partial charge in [-0.05, 0) is 25.7 Å². The highest BCUT2D eigenvalue weighted by atomic mass is 16.5. The van der Waals surface area contributed by atoms with Gasteiger partial charge < -0.3 is 20.5 Å². The topological polar surface area (TPSA) is 73.6 Å². The Morgan fingerprint density at radius 2 is 2.31 bits per heavy atom. The first-order valence-corrected chi connectivity index (χ1v) is 5.83. The van der Waals surface area contributed by atoms with Crippen LogP contribution in [0.2, 0.25) is 0 Å². The summed E-state index contributed by atoms with van der Waals surface area (Å²) in [5.41, 5.74) is 5.11. The molecule has 1 heterocycles. The normalized spacial score (nSPS) is 24.6. The lowest BCUT2D eigenvalue weighted by Crippen LogP contribution is -2.54. The molecule has 0 spiro atoms. The van der Waals surface area contributed by atoms with Crippen LogP contribution in [-0.4, -0.2) is 44.9 Å². The van der Waals surface area contributed by atoms with Gasteiger partial charge in [-0.1, -0.05) is 0 Å². The van der Waals surface area contributed by atoms with Crippen molar-refractivity contribution >= 4 is 5.91 Å². The van der Waals surface area contributed by atoms with Crippen molar-refractivity contribution in [2.24, 2.45) is 5.73 Å². The molecular weight excluding hydrogens is 208 g/mol. The van der Waals surface area contributed by atoms with Crippen LogP contribution in [0.1, 0.15) is 25.7 Å². The Bertz CT molecular complexity index is 215. The maximum absolute atomic E-state index is 11.7. The Balaban J connectivity index is 2.06. The monoisotopic (exact) mass is 230 g/mol. The van der Waals surface area contributed by atoms with Crippen molar-refractivity contribution in [2.75, 3.05) is 33.5 Å². The van der Waals surface area contributed by atoms with Crippen molar-refractivity contribution in [2.45, 2.75) is 31.2 Å².